The number of hydrogen-bond donors (Lipinski definition) is 1. The highest BCUT2D eigenvalue weighted by molar-refractivity contribution is 5.94. The van der Waals surface area contributed by atoms with Crippen LogP contribution in [0.3, 0.4) is 0 Å². The van der Waals surface area contributed by atoms with Crippen molar-refractivity contribution in [1.29, 1.82) is 0 Å². The van der Waals surface area contributed by atoms with Crippen LogP contribution in [0.25, 0.3) is 5.69 Å². The number of fused-ring (bicyclic) bond motifs is 1. The Kier molecular flexibility index (Phi) is 5.39. The van der Waals surface area contributed by atoms with E-state index in [-0.39, 0.29) is 12.5 Å². The summed E-state index contributed by atoms with van der Waals surface area (Å²) < 4.78 is 39.0. The van der Waals surface area contributed by atoms with E-state index in [1.165, 1.54) is 10.7 Å². The zero-order valence-corrected chi connectivity index (χ0v) is 16.7. The molecule has 30 heavy (non-hydrogen) atoms. The molecule has 0 unspecified atom stereocenters. The van der Waals surface area contributed by atoms with Crippen molar-refractivity contribution < 1.29 is 23.0 Å². The number of carbonyl (C=O) groups is 1. The number of carbonyl (C=O) groups excluding carboxylic acids is 1. The minimum absolute atomic E-state index is 0.284. The minimum Gasteiger partial charge on any atom is -0.493 e. The van der Waals surface area contributed by atoms with Crippen molar-refractivity contribution in [3.8, 4) is 17.2 Å². The summed E-state index contributed by atoms with van der Waals surface area (Å²) in [6.07, 6.45) is 2.33. The SMILES string of the molecule is COc1ccc(CNC(=O)c2nn(-c3ccc(F)c(F)c3)c3c2CCC3)cc1OC. The highest BCUT2D eigenvalue weighted by Gasteiger charge is 2.27. The molecule has 1 heterocycles. The number of nitrogens with zero attached hydrogens (tertiary/aromatic N) is 2. The lowest BCUT2D eigenvalue weighted by molar-refractivity contribution is 0.0944. The van der Waals surface area contributed by atoms with Gasteiger partial charge in [0.05, 0.1) is 19.9 Å². The highest BCUT2D eigenvalue weighted by Crippen LogP contribution is 2.29. The van der Waals surface area contributed by atoms with Crippen molar-refractivity contribution in [2.45, 2.75) is 25.8 Å². The molecule has 1 aliphatic rings. The lowest BCUT2D eigenvalue weighted by atomic mass is 10.1. The third kappa shape index (κ3) is 3.60. The number of nitrogens with one attached hydrogen (secondary N) is 1. The monoisotopic (exact) mass is 413 g/mol. The van der Waals surface area contributed by atoms with E-state index in [0.29, 0.717) is 22.9 Å². The van der Waals surface area contributed by atoms with Gasteiger partial charge >= 0.3 is 0 Å². The van der Waals surface area contributed by atoms with Crippen LogP contribution >= 0.6 is 0 Å². The van der Waals surface area contributed by atoms with E-state index in [4.69, 9.17) is 9.47 Å². The lowest BCUT2D eigenvalue weighted by Crippen LogP contribution is -2.24. The molecule has 1 amide bonds. The largest absolute Gasteiger partial charge is 0.493 e. The van der Waals surface area contributed by atoms with Gasteiger partial charge in [0, 0.05) is 23.9 Å². The first kappa shape index (κ1) is 19.9. The Labute approximate surface area is 172 Å². The Morgan fingerprint density at radius 3 is 2.60 bits per heavy atom. The molecule has 0 bridgehead atoms. The summed E-state index contributed by atoms with van der Waals surface area (Å²) in [5.41, 5.74) is 3.26. The number of hydrogen-bond acceptors (Lipinski definition) is 4. The molecule has 1 aromatic heterocycles. The normalized spacial score (nSPS) is 12.5. The maximum atomic E-state index is 13.7. The Bertz CT molecular complexity index is 1110. The van der Waals surface area contributed by atoms with Gasteiger partial charge in [0.1, 0.15) is 0 Å². The summed E-state index contributed by atoms with van der Waals surface area (Å²) in [5, 5.41) is 7.29. The molecule has 4 rings (SSSR count). The Morgan fingerprint density at radius 2 is 1.87 bits per heavy atom. The van der Waals surface area contributed by atoms with Gasteiger partial charge in [0.15, 0.2) is 28.8 Å². The van der Waals surface area contributed by atoms with Crippen LogP contribution in [-0.4, -0.2) is 29.9 Å². The molecule has 0 saturated heterocycles. The predicted molar refractivity (Wildman–Crippen MR) is 106 cm³/mol. The topological polar surface area (TPSA) is 65.4 Å². The maximum absolute atomic E-state index is 13.7. The zero-order chi connectivity index (χ0) is 21.3. The Balaban J connectivity index is 1.57. The molecule has 1 N–H and O–H groups in total. The van der Waals surface area contributed by atoms with Gasteiger partial charge in [-0.2, -0.15) is 5.10 Å². The van der Waals surface area contributed by atoms with Crippen LogP contribution < -0.4 is 14.8 Å². The Morgan fingerprint density at radius 1 is 1.07 bits per heavy atom. The molecule has 156 valence electrons. The third-order valence-electron chi connectivity index (χ3n) is 5.19. The summed E-state index contributed by atoms with van der Waals surface area (Å²) >= 11 is 0. The van der Waals surface area contributed by atoms with Crippen molar-refractivity contribution >= 4 is 5.91 Å². The Hall–Kier alpha value is -3.42. The van der Waals surface area contributed by atoms with E-state index in [2.05, 4.69) is 10.4 Å². The van der Waals surface area contributed by atoms with Crippen LogP contribution in [0.1, 0.15) is 33.7 Å². The van der Waals surface area contributed by atoms with E-state index in [0.717, 1.165) is 48.2 Å². The van der Waals surface area contributed by atoms with Gasteiger partial charge in [-0.25, -0.2) is 13.5 Å². The second kappa shape index (κ2) is 8.14. The number of methoxy groups -OCH3 is 2. The van der Waals surface area contributed by atoms with Crippen molar-refractivity contribution in [2.75, 3.05) is 14.2 Å². The maximum Gasteiger partial charge on any atom is 0.272 e. The molecule has 0 fully saturated rings. The molecule has 0 saturated carbocycles. The third-order valence-corrected chi connectivity index (χ3v) is 5.19. The predicted octanol–water partition coefficient (Wildman–Crippen LogP) is 3.59. The van der Waals surface area contributed by atoms with Crippen molar-refractivity contribution in [1.82, 2.24) is 15.1 Å². The van der Waals surface area contributed by atoms with Gasteiger partial charge in [0.25, 0.3) is 5.91 Å². The molecule has 0 aliphatic heterocycles. The fraction of sp³-hybridized carbons (Fsp3) is 0.273. The lowest BCUT2D eigenvalue weighted by Gasteiger charge is -2.10. The zero-order valence-electron chi connectivity index (χ0n) is 16.7. The summed E-state index contributed by atoms with van der Waals surface area (Å²) in [4.78, 5) is 12.8. The van der Waals surface area contributed by atoms with Gasteiger partial charge in [-0.1, -0.05) is 6.07 Å². The van der Waals surface area contributed by atoms with Crippen LogP contribution in [-0.2, 0) is 19.4 Å². The second-order valence-electron chi connectivity index (χ2n) is 7.01. The minimum atomic E-state index is -0.950. The van der Waals surface area contributed by atoms with E-state index >= 15 is 0 Å². The van der Waals surface area contributed by atoms with Crippen molar-refractivity contribution in [3.05, 3.63) is 70.5 Å². The van der Waals surface area contributed by atoms with Gasteiger partial charge in [0.2, 0.25) is 0 Å². The second-order valence-corrected chi connectivity index (χ2v) is 7.01. The molecule has 0 spiro atoms. The first-order valence-electron chi connectivity index (χ1n) is 9.57. The number of halogens is 2. The molecular formula is C22H21F2N3O3. The number of ether oxygens (including phenoxy) is 2. The molecular weight excluding hydrogens is 392 g/mol. The molecule has 8 heteroatoms. The number of amides is 1. The van der Waals surface area contributed by atoms with Crippen molar-refractivity contribution in [3.63, 3.8) is 0 Å². The molecule has 3 aromatic rings. The summed E-state index contributed by atoms with van der Waals surface area (Å²) in [6, 6.07) is 9.01. The molecule has 0 atom stereocenters. The van der Waals surface area contributed by atoms with Crippen LogP contribution in [0.4, 0.5) is 8.78 Å². The van der Waals surface area contributed by atoms with Gasteiger partial charge in [-0.15, -0.1) is 0 Å². The van der Waals surface area contributed by atoms with Crippen LogP contribution in [0.2, 0.25) is 0 Å². The van der Waals surface area contributed by atoms with Gasteiger partial charge < -0.3 is 14.8 Å². The van der Waals surface area contributed by atoms with E-state index in [1.807, 2.05) is 6.07 Å². The molecule has 1 aliphatic carbocycles. The first-order valence-corrected chi connectivity index (χ1v) is 9.57. The van der Waals surface area contributed by atoms with Crippen LogP contribution in [0.15, 0.2) is 36.4 Å². The fourth-order valence-electron chi connectivity index (χ4n) is 3.71. The fourth-order valence-corrected chi connectivity index (χ4v) is 3.71. The standard InChI is InChI=1S/C22H21F2N3O3/c1-29-19-9-6-13(10-20(19)30-2)12-25-22(28)21-15-4-3-5-18(15)27(26-21)14-7-8-16(23)17(24)11-14/h6-11H,3-5,12H2,1-2H3,(H,25,28). The van der Waals surface area contributed by atoms with Gasteiger partial charge in [-0.05, 0) is 49.1 Å². The van der Waals surface area contributed by atoms with E-state index in [1.54, 1.807) is 26.4 Å². The first-order chi connectivity index (χ1) is 14.5. The highest BCUT2D eigenvalue weighted by atomic mass is 19.2. The van der Waals surface area contributed by atoms with Crippen molar-refractivity contribution in [2.24, 2.45) is 0 Å². The quantitative estimate of drug-likeness (QED) is 0.671. The smallest absolute Gasteiger partial charge is 0.272 e. The average Bonchev–Trinajstić information content (AvgIpc) is 3.36. The molecule has 0 radical (unpaired) electrons. The molecule has 6 nitrogen and oxygen atoms in total. The van der Waals surface area contributed by atoms with Gasteiger partial charge in [-0.3, -0.25) is 4.79 Å². The average molecular weight is 413 g/mol. The molecule has 2 aromatic carbocycles. The van der Waals surface area contributed by atoms with Crippen LogP contribution in [0, 0.1) is 11.6 Å². The number of aromatic nitrogens is 2. The van der Waals surface area contributed by atoms with Crippen LogP contribution in [0.5, 0.6) is 11.5 Å². The summed E-state index contributed by atoms with van der Waals surface area (Å²) in [6.45, 7) is 0.284. The summed E-state index contributed by atoms with van der Waals surface area (Å²) in [5.74, 6) is -1.00. The number of benzene rings is 2. The van der Waals surface area contributed by atoms with E-state index in [9.17, 15) is 13.6 Å². The number of rotatable bonds is 6. The van der Waals surface area contributed by atoms with E-state index < -0.39 is 11.6 Å². The summed E-state index contributed by atoms with van der Waals surface area (Å²) in [7, 11) is 3.11.